The van der Waals surface area contributed by atoms with Gasteiger partial charge in [-0.25, -0.2) is 4.98 Å². The zero-order valence-electron chi connectivity index (χ0n) is 13.7. The van der Waals surface area contributed by atoms with Gasteiger partial charge in [0.1, 0.15) is 11.8 Å². The van der Waals surface area contributed by atoms with E-state index in [1.807, 2.05) is 42.5 Å². The number of nitrogens with zero attached hydrogens (tertiary/aromatic N) is 2. The second-order valence-corrected chi connectivity index (χ2v) is 5.94. The smallest absolute Gasteiger partial charge is 0.274 e. The summed E-state index contributed by atoms with van der Waals surface area (Å²) in [7, 11) is 0. The third kappa shape index (κ3) is 4.38. The number of hydrogen-bond acceptors (Lipinski definition) is 4. The standard InChI is InChI=1S/C20H15ClN4O/c21-17-10-16(25-20(26)19-8-6-15(11-22)13-24-19)7-9-18(17)23-12-14-4-2-1-3-5-14/h1-10,13,23H,12H2,(H,25,26). The normalized spacial score (nSPS) is 10.0. The van der Waals surface area contributed by atoms with Crippen LogP contribution in [-0.4, -0.2) is 10.9 Å². The van der Waals surface area contributed by atoms with Gasteiger partial charge in [0.25, 0.3) is 5.91 Å². The topological polar surface area (TPSA) is 77.8 Å². The van der Waals surface area contributed by atoms with Crippen LogP contribution in [0.25, 0.3) is 0 Å². The first kappa shape index (κ1) is 17.5. The molecule has 1 amide bonds. The van der Waals surface area contributed by atoms with E-state index in [1.54, 1.807) is 18.2 Å². The van der Waals surface area contributed by atoms with Gasteiger partial charge in [-0.05, 0) is 35.9 Å². The van der Waals surface area contributed by atoms with E-state index in [0.29, 0.717) is 22.8 Å². The highest BCUT2D eigenvalue weighted by molar-refractivity contribution is 6.33. The van der Waals surface area contributed by atoms with Gasteiger partial charge in [-0.2, -0.15) is 5.26 Å². The first-order chi connectivity index (χ1) is 12.7. The first-order valence-corrected chi connectivity index (χ1v) is 8.28. The van der Waals surface area contributed by atoms with Crippen LogP contribution >= 0.6 is 11.6 Å². The zero-order chi connectivity index (χ0) is 18.4. The predicted octanol–water partition coefficient (Wildman–Crippen LogP) is 4.47. The molecule has 0 unspecified atom stereocenters. The molecule has 3 rings (SSSR count). The maximum atomic E-state index is 12.2. The number of aromatic nitrogens is 1. The molecule has 0 fully saturated rings. The van der Waals surface area contributed by atoms with Crippen molar-refractivity contribution in [3.05, 3.63) is 88.7 Å². The van der Waals surface area contributed by atoms with Gasteiger partial charge in [0.05, 0.1) is 16.3 Å². The van der Waals surface area contributed by atoms with Crippen molar-refractivity contribution >= 4 is 28.9 Å². The summed E-state index contributed by atoms with van der Waals surface area (Å²) < 4.78 is 0. The van der Waals surface area contributed by atoms with Gasteiger partial charge >= 0.3 is 0 Å². The van der Waals surface area contributed by atoms with Gasteiger partial charge in [0.2, 0.25) is 0 Å². The van der Waals surface area contributed by atoms with Crippen molar-refractivity contribution in [1.82, 2.24) is 4.98 Å². The second-order valence-electron chi connectivity index (χ2n) is 5.53. The molecular weight excluding hydrogens is 348 g/mol. The van der Waals surface area contributed by atoms with Crippen LogP contribution in [-0.2, 0) is 6.54 Å². The van der Waals surface area contributed by atoms with Crippen LogP contribution in [0.15, 0.2) is 66.9 Å². The molecule has 5 nitrogen and oxygen atoms in total. The molecule has 6 heteroatoms. The fraction of sp³-hybridized carbons (Fsp3) is 0.0500. The molecule has 26 heavy (non-hydrogen) atoms. The summed E-state index contributed by atoms with van der Waals surface area (Å²) in [4.78, 5) is 16.2. The summed E-state index contributed by atoms with van der Waals surface area (Å²) in [6, 6.07) is 20.3. The van der Waals surface area contributed by atoms with Crippen LogP contribution in [0.1, 0.15) is 21.6 Å². The molecule has 0 radical (unpaired) electrons. The fourth-order valence-electron chi connectivity index (χ4n) is 2.32. The lowest BCUT2D eigenvalue weighted by Gasteiger charge is -2.11. The molecular formula is C20H15ClN4O. The Kier molecular flexibility index (Phi) is 5.47. The Morgan fingerprint density at radius 3 is 2.58 bits per heavy atom. The minimum Gasteiger partial charge on any atom is -0.380 e. The molecule has 0 bridgehead atoms. The number of benzene rings is 2. The van der Waals surface area contributed by atoms with E-state index in [-0.39, 0.29) is 11.6 Å². The maximum absolute atomic E-state index is 12.2. The van der Waals surface area contributed by atoms with Crippen molar-refractivity contribution in [3.63, 3.8) is 0 Å². The van der Waals surface area contributed by atoms with Crippen LogP contribution < -0.4 is 10.6 Å². The quantitative estimate of drug-likeness (QED) is 0.701. The van der Waals surface area contributed by atoms with Crippen molar-refractivity contribution in [3.8, 4) is 6.07 Å². The molecule has 128 valence electrons. The lowest BCUT2D eigenvalue weighted by Crippen LogP contribution is -2.13. The Hall–Kier alpha value is -3.36. The number of halogens is 1. The Morgan fingerprint density at radius 2 is 1.92 bits per heavy atom. The predicted molar refractivity (Wildman–Crippen MR) is 102 cm³/mol. The highest BCUT2D eigenvalue weighted by atomic mass is 35.5. The van der Waals surface area contributed by atoms with E-state index in [2.05, 4.69) is 15.6 Å². The average Bonchev–Trinajstić information content (AvgIpc) is 2.68. The molecule has 0 spiro atoms. The molecule has 0 aliphatic carbocycles. The van der Waals surface area contributed by atoms with Gasteiger partial charge in [-0.1, -0.05) is 41.9 Å². The van der Waals surface area contributed by atoms with Gasteiger partial charge in [-0.15, -0.1) is 0 Å². The number of carbonyl (C=O) groups excluding carboxylic acids is 1. The Balaban J connectivity index is 1.65. The van der Waals surface area contributed by atoms with Gasteiger partial charge in [-0.3, -0.25) is 4.79 Å². The summed E-state index contributed by atoms with van der Waals surface area (Å²) in [6.07, 6.45) is 1.36. The van der Waals surface area contributed by atoms with E-state index in [1.165, 1.54) is 12.3 Å². The van der Waals surface area contributed by atoms with Crippen LogP contribution in [0, 0.1) is 11.3 Å². The highest BCUT2D eigenvalue weighted by Crippen LogP contribution is 2.26. The van der Waals surface area contributed by atoms with Crippen LogP contribution in [0.3, 0.4) is 0 Å². The number of amides is 1. The minimum atomic E-state index is -0.365. The van der Waals surface area contributed by atoms with Crippen molar-refractivity contribution < 1.29 is 4.79 Å². The second kappa shape index (κ2) is 8.15. The van der Waals surface area contributed by atoms with Gasteiger partial charge in [0, 0.05) is 18.4 Å². The van der Waals surface area contributed by atoms with Crippen molar-refractivity contribution in [1.29, 1.82) is 5.26 Å². The molecule has 2 aromatic carbocycles. The molecule has 0 atom stereocenters. The van der Waals surface area contributed by atoms with E-state index in [0.717, 1.165) is 11.3 Å². The summed E-state index contributed by atoms with van der Waals surface area (Å²) in [5, 5.41) is 15.3. The van der Waals surface area contributed by atoms with Crippen molar-refractivity contribution in [2.24, 2.45) is 0 Å². The summed E-state index contributed by atoms with van der Waals surface area (Å²) >= 11 is 6.30. The maximum Gasteiger partial charge on any atom is 0.274 e. The first-order valence-electron chi connectivity index (χ1n) is 7.90. The summed E-state index contributed by atoms with van der Waals surface area (Å²) in [5.41, 5.74) is 3.12. The van der Waals surface area contributed by atoms with Crippen LogP contribution in [0.2, 0.25) is 5.02 Å². The lowest BCUT2D eigenvalue weighted by atomic mass is 10.2. The number of rotatable bonds is 5. The van der Waals surface area contributed by atoms with Crippen molar-refractivity contribution in [2.75, 3.05) is 10.6 Å². The number of nitriles is 1. The molecule has 1 heterocycles. The number of carbonyl (C=O) groups is 1. The monoisotopic (exact) mass is 362 g/mol. The van der Waals surface area contributed by atoms with Gasteiger partial charge in [0.15, 0.2) is 0 Å². The van der Waals surface area contributed by atoms with Crippen LogP contribution in [0.5, 0.6) is 0 Å². The molecule has 3 aromatic rings. The number of anilines is 2. The summed E-state index contributed by atoms with van der Waals surface area (Å²) in [5.74, 6) is -0.365. The molecule has 1 aromatic heterocycles. The Labute approximate surface area is 156 Å². The third-order valence-corrected chi connectivity index (χ3v) is 3.99. The number of pyridine rings is 1. The zero-order valence-corrected chi connectivity index (χ0v) is 14.5. The number of hydrogen-bond donors (Lipinski definition) is 2. The van der Waals surface area contributed by atoms with Crippen molar-refractivity contribution in [2.45, 2.75) is 6.54 Å². The van der Waals surface area contributed by atoms with Gasteiger partial charge < -0.3 is 10.6 Å². The van der Waals surface area contributed by atoms with E-state index in [4.69, 9.17) is 16.9 Å². The third-order valence-electron chi connectivity index (χ3n) is 3.68. The minimum absolute atomic E-state index is 0.228. The molecule has 2 N–H and O–H groups in total. The average molecular weight is 363 g/mol. The lowest BCUT2D eigenvalue weighted by molar-refractivity contribution is 0.102. The SMILES string of the molecule is N#Cc1ccc(C(=O)Nc2ccc(NCc3ccccc3)c(Cl)c2)nc1. The molecule has 0 saturated heterocycles. The van der Waals surface area contributed by atoms with Crippen LogP contribution in [0.4, 0.5) is 11.4 Å². The molecule has 0 aliphatic rings. The summed E-state index contributed by atoms with van der Waals surface area (Å²) in [6.45, 7) is 0.654. The van der Waals surface area contributed by atoms with E-state index in [9.17, 15) is 4.79 Å². The Morgan fingerprint density at radius 1 is 1.12 bits per heavy atom. The molecule has 0 aliphatic heterocycles. The van der Waals surface area contributed by atoms with E-state index >= 15 is 0 Å². The number of nitrogens with one attached hydrogen (secondary N) is 2. The van der Waals surface area contributed by atoms with E-state index < -0.39 is 0 Å². The highest BCUT2D eigenvalue weighted by Gasteiger charge is 2.09. The largest absolute Gasteiger partial charge is 0.380 e. The molecule has 0 saturated carbocycles. The Bertz CT molecular complexity index is 950. The fourth-order valence-corrected chi connectivity index (χ4v) is 2.57.